The molecule has 3 aromatic carbocycles. The molecule has 0 unspecified atom stereocenters. The summed E-state index contributed by atoms with van der Waals surface area (Å²) in [5, 5.41) is 0. The second kappa shape index (κ2) is 12.6. The van der Waals surface area contributed by atoms with Crippen molar-refractivity contribution in [3.8, 4) is 5.75 Å². The maximum absolute atomic E-state index is 13.5. The molecular formula is C35H43N5O2. The molecule has 0 spiro atoms. The zero-order valence-corrected chi connectivity index (χ0v) is 25.2. The average molecular weight is 566 g/mol. The van der Waals surface area contributed by atoms with Crippen molar-refractivity contribution in [2.24, 2.45) is 5.92 Å². The van der Waals surface area contributed by atoms with Gasteiger partial charge in [-0.2, -0.15) is 0 Å². The second-order valence-corrected chi connectivity index (χ2v) is 12.1. The lowest BCUT2D eigenvalue weighted by Gasteiger charge is -2.39. The number of hydrogen-bond acceptors (Lipinski definition) is 5. The van der Waals surface area contributed by atoms with Crippen LogP contribution in [0, 0.1) is 5.92 Å². The number of amides is 1. The molecular weight excluding hydrogens is 522 g/mol. The molecule has 1 amide bonds. The number of carbonyl (C=O) groups excluding carboxylic acids is 1. The molecule has 6 rings (SSSR count). The fourth-order valence-electron chi connectivity index (χ4n) is 6.39. The lowest BCUT2D eigenvalue weighted by Crippen LogP contribution is -2.51. The van der Waals surface area contributed by atoms with Gasteiger partial charge in [0, 0.05) is 44.3 Å². The van der Waals surface area contributed by atoms with Gasteiger partial charge in [-0.15, -0.1) is 0 Å². The molecule has 4 aromatic rings. The molecule has 0 N–H and O–H groups in total. The Hall–Kier alpha value is -3.84. The fraction of sp³-hybridized carbons (Fsp3) is 0.429. The number of benzene rings is 3. The van der Waals surface area contributed by atoms with E-state index in [1.165, 1.54) is 16.8 Å². The minimum absolute atomic E-state index is 0.122. The third-order valence-electron chi connectivity index (χ3n) is 9.05. The molecule has 7 heteroatoms. The van der Waals surface area contributed by atoms with Crippen LogP contribution in [-0.4, -0.2) is 71.6 Å². The highest BCUT2D eigenvalue weighted by atomic mass is 16.5. The van der Waals surface area contributed by atoms with Crippen LogP contribution in [0.15, 0.2) is 72.8 Å². The molecule has 2 fully saturated rings. The normalized spacial score (nSPS) is 16.9. The zero-order chi connectivity index (χ0) is 29.1. The Labute approximate surface area is 249 Å². The van der Waals surface area contributed by atoms with Crippen LogP contribution in [0.2, 0.25) is 0 Å². The highest BCUT2D eigenvalue weighted by Crippen LogP contribution is 2.26. The fourth-order valence-corrected chi connectivity index (χ4v) is 6.39. The summed E-state index contributed by atoms with van der Waals surface area (Å²) in [6.07, 6.45) is 1.82. The van der Waals surface area contributed by atoms with Gasteiger partial charge in [0.25, 0.3) is 0 Å². The number of para-hydroxylation sites is 2. The SMILES string of the molecule is COc1ccc(Cn2c(CN3CCC(C(=O)N4CCN(c5ccc(C(C)C)cc5)CC4)CC3)nc3ccccc32)cc1. The summed E-state index contributed by atoms with van der Waals surface area (Å²) < 4.78 is 7.68. The second-order valence-electron chi connectivity index (χ2n) is 12.1. The number of ether oxygens (including phenoxy) is 1. The molecule has 2 saturated heterocycles. The monoisotopic (exact) mass is 565 g/mol. The molecule has 0 bridgehead atoms. The minimum atomic E-state index is 0.122. The number of piperazine rings is 1. The first kappa shape index (κ1) is 28.3. The van der Waals surface area contributed by atoms with Crippen molar-refractivity contribution in [2.75, 3.05) is 51.3 Å². The first-order valence-corrected chi connectivity index (χ1v) is 15.4. The maximum atomic E-state index is 13.5. The molecule has 0 radical (unpaired) electrons. The van der Waals surface area contributed by atoms with E-state index in [4.69, 9.17) is 9.72 Å². The summed E-state index contributed by atoms with van der Waals surface area (Å²) in [7, 11) is 1.70. The Bertz CT molecular complexity index is 1480. The van der Waals surface area contributed by atoms with E-state index < -0.39 is 0 Å². The Morgan fingerprint density at radius 1 is 0.857 bits per heavy atom. The molecule has 42 heavy (non-hydrogen) atoms. The average Bonchev–Trinajstić information content (AvgIpc) is 3.38. The molecule has 3 heterocycles. The van der Waals surface area contributed by atoms with Crippen molar-refractivity contribution in [2.45, 2.75) is 45.7 Å². The molecule has 0 aliphatic carbocycles. The lowest BCUT2D eigenvalue weighted by molar-refractivity contribution is -0.137. The predicted octanol–water partition coefficient (Wildman–Crippen LogP) is 5.78. The summed E-state index contributed by atoms with van der Waals surface area (Å²) >= 11 is 0. The number of likely N-dealkylation sites (tertiary alicyclic amines) is 1. The number of imidazole rings is 1. The Morgan fingerprint density at radius 3 is 2.21 bits per heavy atom. The zero-order valence-electron chi connectivity index (χ0n) is 25.2. The van der Waals surface area contributed by atoms with Gasteiger partial charge in [-0.1, -0.05) is 50.2 Å². The van der Waals surface area contributed by atoms with Crippen LogP contribution in [-0.2, 0) is 17.9 Å². The van der Waals surface area contributed by atoms with Crippen LogP contribution in [0.4, 0.5) is 5.69 Å². The van der Waals surface area contributed by atoms with E-state index in [0.717, 1.165) is 87.8 Å². The number of nitrogens with zero attached hydrogens (tertiary/aromatic N) is 5. The van der Waals surface area contributed by atoms with E-state index in [1.54, 1.807) is 7.11 Å². The van der Waals surface area contributed by atoms with Gasteiger partial charge in [0.15, 0.2) is 0 Å². The third-order valence-corrected chi connectivity index (χ3v) is 9.05. The van der Waals surface area contributed by atoms with E-state index in [0.29, 0.717) is 11.8 Å². The van der Waals surface area contributed by atoms with Gasteiger partial charge in [-0.25, -0.2) is 4.98 Å². The first-order valence-electron chi connectivity index (χ1n) is 15.4. The minimum Gasteiger partial charge on any atom is -0.497 e. The first-order chi connectivity index (χ1) is 20.5. The molecule has 2 aliphatic rings. The standard InChI is InChI=1S/C35H43N5O2/c1-26(2)28-10-12-30(13-11-28)38-20-22-39(23-21-38)35(41)29-16-18-37(19-17-29)25-34-36-32-6-4-5-7-33(32)40(34)24-27-8-14-31(42-3)15-9-27/h4-15,26,29H,16-25H2,1-3H3. The number of rotatable bonds is 8. The highest BCUT2D eigenvalue weighted by Gasteiger charge is 2.31. The van der Waals surface area contributed by atoms with Crippen LogP contribution in [0.25, 0.3) is 11.0 Å². The van der Waals surface area contributed by atoms with Crippen molar-refractivity contribution in [3.63, 3.8) is 0 Å². The molecule has 7 nitrogen and oxygen atoms in total. The summed E-state index contributed by atoms with van der Waals surface area (Å²) in [5.74, 6) is 2.95. The lowest BCUT2D eigenvalue weighted by atomic mass is 9.95. The van der Waals surface area contributed by atoms with Gasteiger partial charge in [-0.05, 0) is 79.4 Å². The number of fused-ring (bicyclic) bond motifs is 1. The highest BCUT2D eigenvalue weighted by molar-refractivity contribution is 5.79. The Kier molecular flexibility index (Phi) is 8.47. The van der Waals surface area contributed by atoms with Crippen LogP contribution in [0.1, 0.15) is 49.6 Å². The third kappa shape index (κ3) is 6.16. The van der Waals surface area contributed by atoms with E-state index in [2.05, 4.69) is 93.8 Å². The predicted molar refractivity (Wildman–Crippen MR) is 169 cm³/mol. The van der Waals surface area contributed by atoms with Gasteiger partial charge >= 0.3 is 0 Å². The van der Waals surface area contributed by atoms with Crippen molar-refractivity contribution in [1.82, 2.24) is 19.4 Å². The summed E-state index contributed by atoms with van der Waals surface area (Å²) in [5.41, 5.74) is 6.04. The Balaban J connectivity index is 1.04. The number of aromatic nitrogens is 2. The maximum Gasteiger partial charge on any atom is 0.225 e. The summed E-state index contributed by atoms with van der Waals surface area (Å²) in [6, 6.07) is 25.6. The van der Waals surface area contributed by atoms with Gasteiger partial charge in [0.2, 0.25) is 5.91 Å². The van der Waals surface area contributed by atoms with Crippen molar-refractivity contribution >= 4 is 22.6 Å². The Morgan fingerprint density at radius 2 is 1.55 bits per heavy atom. The van der Waals surface area contributed by atoms with E-state index >= 15 is 0 Å². The quantitative estimate of drug-likeness (QED) is 0.271. The molecule has 220 valence electrons. The summed E-state index contributed by atoms with van der Waals surface area (Å²) in [6.45, 7) is 11.3. The number of hydrogen-bond donors (Lipinski definition) is 0. The van der Waals surface area contributed by atoms with Crippen LogP contribution in [0.3, 0.4) is 0 Å². The van der Waals surface area contributed by atoms with Crippen molar-refractivity contribution in [1.29, 1.82) is 0 Å². The molecule has 0 atom stereocenters. The molecule has 0 saturated carbocycles. The number of methoxy groups -OCH3 is 1. The van der Waals surface area contributed by atoms with Crippen LogP contribution < -0.4 is 9.64 Å². The van der Waals surface area contributed by atoms with Gasteiger partial charge in [0.1, 0.15) is 11.6 Å². The van der Waals surface area contributed by atoms with Gasteiger partial charge in [-0.3, -0.25) is 9.69 Å². The smallest absolute Gasteiger partial charge is 0.225 e. The van der Waals surface area contributed by atoms with Crippen LogP contribution >= 0.6 is 0 Å². The number of anilines is 1. The van der Waals surface area contributed by atoms with E-state index in [-0.39, 0.29) is 5.92 Å². The summed E-state index contributed by atoms with van der Waals surface area (Å²) in [4.78, 5) is 25.5. The number of carbonyl (C=O) groups is 1. The molecule has 2 aliphatic heterocycles. The van der Waals surface area contributed by atoms with Crippen LogP contribution in [0.5, 0.6) is 5.75 Å². The van der Waals surface area contributed by atoms with Gasteiger partial charge in [0.05, 0.1) is 24.7 Å². The number of piperidine rings is 1. The van der Waals surface area contributed by atoms with Gasteiger partial charge < -0.3 is 19.1 Å². The van der Waals surface area contributed by atoms with Crippen molar-refractivity contribution < 1.29 is 9.53 Å². The topological polar surface area (TPSA) is 53.8 Å². The van der Waals surface area contributed by atoms with Crippen molar-refractivity contribution in [3.05, 3.63) is 89.7 Å². The largest absolute Gasteiger partial charge is 0.497 e. The van der Waals surface area contributed by atoms with E-state index in [1.807, 2.05) is 12.1 Å². The molecule has 1 aromatic heterocycles. The van der Waals surface area contributed by atoms with E-state index in [9.17, 15) is 4.79 Å².